The van der Waals surface area contributed by atoms with Gasteiger partial charge in [-0.05, 0) is 31.9 Å². The summed E-state index contributed by atoms with van der Waals surface area (Å²) >= 11 is 1.31. The predicted octanol–water partition coefficient (Wildman–Crippen LogP) is 2.11. The summed E-state index contributed by atoms with van der Waals surface area (Å²) in [7, 11) is 1.56. The normalized spacial score (nSPS) is 15.0. The SMILES string of the molecule is Cc1ccc(-c2nc(C(=O)N(C)CC(=O)N3CCC(C(=O)O)CC3)cs2)o1. The summed E-state index contributed by atoms with van der Waals surface area (Å²) in [4.78, 5) is 43.2. The summed E-state index contributed by atoms with van der Waals surface area (Å²) in [5, 5.41) is 11.3. The number of carbonyl (C=O) groups excluding carboxylic acids is 2. The number of thiazole rings is 1. The number of carboxylic acid groups (broad SMARTS) is 1. The van der Waals surface area contributed by atoms with Crippen LogP contribution in [0.2, 0.25) is 0 Å². The lowest BCUT2D eigenvalue weighted by molar-refractivity contribution is -0.145. The molecule has 0 bridgehead atoms. The highest BCUT2D eigenvalue weighted by Crippen LogP contribution is 2.26. The molecule has 3 heterocycles. The molecule has 9 heteroatoms. The van der Waals surface area contributed by atoms with Crippen molar-refractivity contribution in [2.75, 3.05) is 26.7 Å². The van der Waals surface area contributed by atoms with Crippen molar-refractivity contribution in [2.45, 2.75) is 19.8 Å². The van der Waals surface area contributed by atoms with E-state index in [1.807, 2.05) is 13.0 Å². The van der Waals surface area contributed by atoms with E-state index in [0.717, 1.165) is 5.76 Å². The number of hydrogen-bond acceptors (Lipinski definition) is 6. The molecule has 27 heavy (non-hydrogen) atoms. The van der Waals surface area contributed by atoms with Crippen molar-refractivity contribution in [2.24, 2.45) is 5.92 Å². The van der Waals surface area contributed by atoms with Gasteiger partial charge in [0, 0.05) is 25.5 Å². The van der Waals surface area contributed by atoms with Gasteiger partial charge in [0.25, 0.3) is 5.91 Å². The Morgan fingerprint density at radius 1 is 1.33 bits per heavy atom. The summed E-state index contributed by atoms with van der Waals surface area (Å²) in [6.07, 6.45) is 0.882. The van der Waals surface area contributed by atoms with Crippen molar-refractivity contribution in [3.8, 4) is 10.8 Å². The summed E-state index contributed by atoms with van der Waals surface area (Å²) in [6, 6.07) is 3.63. The Labute approximate surface area is 160 Å². The topological polar surface area (TPSA) is 104 Å². The number of carboxylic acids is 1. The second kappa shape index (κ2) is 7.91. The maximum absolute atomic E-state index is 12.5. The van der Waals surface area contributed by atoms with Crippen LogP contribution in [0.3, 0.4) is 0 Å². The number of likely N-dealkylation sites (tertiary alicyclic amines) is 1. The van der Waals surface area contributed by atoms with E-state index >= 15 is 0 Å². The van der Waals surface area contributed by atoms with Crippen molar-refractivity contribution in [1.82, 2.24) is 14.8 Å². The third-order valence-corrected chi connectivity index (χ3v) is 5.45. The zero-order chi connectivity index (χ0) is 19.6. The first-order chi connectivity index (χ1) is 12.8. The molecule has 1 aliphatic heterocycles. The lowest BCUT2D eigenvalue weighted by atomic mass is 9.97. The van der Waals surface area contributed by atoms with Gasteiger partial charge in [-0.2, -0.15) is 0 Å². The first kappa shape index (κ1) is 19.1. The van der Waals surface area contributed by atoms with E-state index in [1.54, 1.807) is 23.4 Å². The minimum atomic E-state index is -0.819. The molecule has 144 valence electrons. The molecule has 0 atom stereocenters. The van der Waals surface area contributed by atoms with E-state index in [0.29, 0.717) is 36.7 Å². The first-order valence-corrected chi connectivity index (χ1v) is 9.51. The number of aryl methyl sites for hydroxylation is 1. The maximum Gasteiger partial charge on any atom is 0.306 e. The Kier molecular flexibility index (Phi) is 5.59. The van der Waals surface area contributed by atoms with Gasteiger partial charge in [0.05, 0.1) is 12.5 Å². The fourth-order valence-corrected chi connectivity index (χ4v) is 3.73. The van der Waals surface area contributed by atoms with Gasteiger partial charge in [0.1, 0.15) is 11.5 Å². The fourth-order valence-electron chi connectivity index (χ4n) is 2.98. The maximum atomic E-state index is 12.5. The average Bonchev–Trinajstić information content (AvgIpc) is 3.30. The van der Waals surface area contributed by atoms with Crippen molar-refractivity contribution in [1.29, 1.82) is 0 Å². The van der Waals surface area contributed by atoms with Crippen molar-refractivity contribution >= 4 is 29.1 Å². The number of aliphatic carboxylic acids is 1. The molecule has 1 fully saturated rings. The van der Waals surface area contributed by atoms with E-state index in [-0.39, 0.29) is 24.1 Å². The van der Waals surface area contributed by atoms with Gasteiger partial charge >= 0.3 is 5.97 Å². The zero-order valence-corrected chi connectivity index (χ0v) is 16.0. The predicted molar refractivity (Wildman–Crippen MR) is 98.5 cm³/mol. The van der Waals surface area contributed by atoms with E-state index in [2.05, 4.69) is 4.98 Å². The number of hydrogen-bond donors (Lipinski definition) is 1. The van der Waals surface area contributed by atoms with Crippen LogP contribution < -0.4 is 0 Å². The molecular formula is C18H21N3O5S. The van der Waals surface area contributed by atoms with Gasteiger partial charge in [0.15, 0.2) is 10.8 Å². The standard InChI is InChI=1S/C18H21N3O5S/c1-11-3-4-14(26-11)16-19-13(10-27-16)17(23)20(2)9-15(22)21-7-5-12(6-8-21)18(24)25/h3-4,10,12H,5-9H2,1-2H3,(H,24,25). The van der Waals surface area contributed by atoms with Crippen LogP contribution in [-0.2, 0) is 9.59 Å². The monoisotopic (exact) mass is 391 g/mol. The third kappa shape index (κ3) is 4.36. The summed E-state index contributed by atoms with van der Waals surface area (Å²) < 4.78 is 5.51. The van der Waals surface area contributed by atoms with Crippen LogP contribution >= 0.6 is 11.3 Å². The summed E-state index contributed by atoms with van der Waals surface area (Å²) in [5.74, 6) is -0.368. The molecule has 3 rings (SSSR count). The van der Waals surface area contributed by atoms with Gasteiger partial charge < -0.3 is 19.3 Å². The van der Waals surface area contributed by atoms with Crippen LogP contribution in [0.25, 0.3) is 10.8 Å². The number of amides is 2. The average molecular weight is 391 g/mol. The first-order valence-electron chi connectivity index (χ1n) is 8.63. The molecule has 8 nitrogen and oxygen atoms in total. The molecule has 2 amide bonds. The molecule has 0 radical (unpaired) electrons. The molecule has 2 aromatic rings. The largest absolute Gasteiger partial charge is 0.481 e. The second-order valence-corrected chi connectivity index (χ2v) is 7.46. The molecule has 0 saturated carbocycles. The van der Waals surface area contributed by atoms with Gasteiger partial charge in [-0.25, -0.2) is 4.98 Å². The van der Waals surface area contributed by atoms with Crippen LogP contribution in [0.4, 0.5) is 0 Å². The molecule has 1 N–H and O–H groups in total. The third-order valence-electron chi connectivity index (χ3n) is 4.59. The van der Waals surface area contributed by atoms with Gasteiger partial charge in [-0.3, -0.25) is 14.4 Å². The van der Waals surface area contributed by atoms with Crippen molar-refractivity contribution in [3.63, 3.8) is 0 Å². The minimum absolute atomic E-state index is 0.0662. The number of piperidine rings is 1. The minimum Gasteiger partial charge on any atom is -0.481 e. The molecule has 0 aliphatic carbocycles. The van der Waals surface area contributed by atoms with Crippen LogP contribution in [0.15, 0.2) is 21.9 Å². The number of furan rings is 1. The lowest BCUT2D eigenvalue weighted by Gasteiger charge is -2.31. The molecular weight excluding hydrogens is 370 g/mol. The summed E-state index contributed by atoms with van der Waals surface area (Å²) in [6.45, 7) is 2.57. The highest BCUT2D eigenvalue weighted by molar-refractivity contribution is 7.13. The van der Waals surface area contributed by atoms with Gasteiger partial charge in [0.2, 0.25) is 5.91 Å². The van der Waals surface area contributed by atoms with E-state index in [9.17, 15) is 14.4 Å². The lowest BCUT2D eigenvalue weighted by Crippen LogP contribution is -2.45. The Balaban J connectivity index is 1.57. The number of rotatable bonds is 5. The van der Waals surface area contributed by atoms with E-state index in [1.165, 1.54) is 16.2 Å². The number of carbonyl (C=O) groups is 3. The Hall–Kier alpha value is -2.68. The highest BCUT2D eigenvalue weighted by Gasteiger charge is 2.28. The smallest absolute Gasteiger partial charge is 0.306 e. The number of nitrogens with zero attached hydrogens (tertiary/aromatic N) is 3. The highest BCUT2D eigenvalue weighted by atomic mass is 32.1. The van der Waals surface area contributed by atoms with E-state index < -0.39 is 11.9 Å². The quantitative estimate of drug-likeness (QED) is 0.837. The fraction of sp³-hybridized carbons (Fsp3) is 0.444. The molecule has 0 spiro atoms. The summed E-state index contributed by atoms with van der Waals surface area (Å²) in [5.41, 5.74) is 0.268. The van der Waals surface area contributed by atoms with Crippen LogP contribution in [0, 0.1) is 12.8 Å². The van der Waals surface area contributed by atoms with Gasteiger partial charge in [-0.1, -0.05) is 0 Å². The van der Waals surface area contributed by atoms with Crippen molar-refractivity contribution < 1.29 is 23.9 Å². The molecule has 1 aliphatic rings. The molecule has 2 aromatic heterocycles. The Morgan fingerprint density at radius 2 is 2.04 bits per heavy atom. The molecule has 0 aromatic carbocycles. The molecule has 1 saturated heterocycles. The Bertz CT molecular complexity index is 851. The van der Waals surface area contributed by atoms with Gasteiger partial charge in [-0.15, -0.1) is 11.3 Å². The van der Waals surface area contributed by atoms with Crippen LogP contribution in [-0.4, -0.2) is 64.4 Å². The molecule has 0 unspecified atom stereocenters. The van der Waals surface area contributed by atoms with E-state index in [4.69, 9.17) is 9.52 Å². The van der Waals surface area contributed by atoms with Crippen LogP contribution in [0.1, 0.15) is 29.1 Å². The Morgan fingerprint density at radius 3 is 2.63 bits per heavy atom. The number of likely N-dealkylation sites (N-methyl/N-ethyl adjacent to an activating group) is 1. The zero-order valence-electron chi connectivity index (χ0n) is 15.2. The second-order valence-electron chi connectivity index (χ2n) is 6.60. The van der Waals surface area contributed by atoms with Crippen molar-refractivity contribution in [3.05, 3.63) is 29.0 Å². The van der Waals surface area contributed by atoms with Crippen LogP contribution in [0.5, 0.6) is 0 Å². The number of aromatic nitrogens is 1.